The zero-order valence-corrected chi connectivity index (χ0v) is 17.6. The van der Waals surface area contributed by atoms with Crippen LogP contribution < -0.4 is 9.47 Å². The Bertz CT molecular complexity index is 962. The number of carbonyl (C=O) groups excluding carboxylic acids is 1. The number of nitrogens with zero attached hydrogens (tertiary/aromatic N) is 3. The fourth-order valence-electron chi connectivity index (χ4n) is 2.76. The van der Waals surface area contributed by atoms with Gasteiger partial charge in [0.25, 0.3) is 0 Å². The first-order chi connectivity index (χ1) is 14.0. The number of amides is 1. The highest BCUT2D eigenvalue weighted by molar-refractivity contribution is 8.00. The summed E-state index contributed by atoms with van der Waals surface area (Å²) < 4.78 is 15.9. The summed E-state index contributed by atoms with van der Waals surface area (Å²) >= 11 is 1.51. The van der Waals surface area contributed by atoms with Crippen LogP contribution in [0.3, 0.4) is 0 Å². The van der Waals surface area contributed by atoms with Crippen molar-refractivity contribution in [1.29, 1.82) is 0 Å². The van der Waals surface area contributed by atoms with Crippen LogP contribution in [-0.4, -0.2) is 47.5 Å². The number of ether oxygens (including phenoxy) is 2. The van der Waals surface area contributed by atoms with Crippen LogP contribution in [0.5, 0.6) is 11.5 Å². The van der Waals surface area contributed by atoms with E-state index in [1.165, 1.54) is 11.8 Å². The van der Waals surface area contributed by atoms with Crippen LogP contribution in [0, 0.1) is 0 Å². The molecule has 3 rings (SSSR count). The zero-order valence-electron chi connectivity index (χ0n) is 16.8. The van der Waals surface area contributed by atoms with Crippen LogP contribution >= 0.6 is 11.8 Å². The molecule has 1 amide bonds. The molecule has 0 bridgehead atoms. The van der Waals surface area contributed by atoms with E-state index in [1.54, 1.807) is 44.4 Å². The molecule has 0 saturated heterocycles. The molecule has 1 atom stereocenters. The Morgan fingerprint density at radius 3 is 2.62 bits per heavy atom. The van der Waals surface area contributed by atoms with Gasteiger partial charge in [0.2, 0.25) is 17.6 Å². The van der Waals surface area contributed by atoms with Crippen molar-refractivity contribution in [2.24, 2.45) is 0 Å². The zero-order chi connectivity index (χ0) is 20.8. The van der Waals surface area contributed by atoms with Crippen molar-refractivity contribution in [2.45, 2.75) is 23.6 Å². The van der Waals surface area contributed by atoms with Gasteiger partial charge in [0.15, 0.2) is 0 Å². The van der Waals surface area contributed by atoms with Gasteiger partial charge in [-0.1, -0.05) is 23.4 Å². The lowest BCUT2D eigenvalue weighted by Gasteiger charge is -2.19. The maximum Gasteiger partial charge on any atom is 0.246 e. The summed E-state index contributed by atoms with van der Waals surface area (Å²) in [5.41, 5.74) is 0.685. The van der Waals surface area contributed by atoms with E-state index in [4.69, 9.17) is 14.0 Å². The molecule has 1 aromatic heterocycles. The first-order valence-electron chi connectivity index (χ1n) is 9.03. The minimum Gasteiger partial charge on any atom is -0.497 e. The van der Waals surface area contributed by atoms with Crippen molar-refractivity contribution in [1.82, 2.24) is 15.0 Å². The normalized spacial score (nSPS) is 11.7. The number of aromatic nitrogens is 2. The van der Waals surface area contributed by atoms with E-state index >= 15 is 0 Å². The molecule has 8 heteroatoms. The van der Waals surface area contributed by atoms with Crippen molar-refractivity contribution < 1.29 is 18.8 Å². The van der Waals surface area contributed by atoms with E-state index in [2.05, 4.69) is 10.1 Å². The molecule has 2 aromatic carbocycles. The Morgan fingerprint density at radius 1 is 1.17 bits per heavy atom. The molecule has 0 radical (unpaired) electrons. The van der Waals surface area contributed by atoms with Crippen LogP contribution in [0.15, 0.2) is 57.9 Å². The minimum absolute atomic E-state index is 0.0133. The van der Waals surface area contributed by atoms with E-state index < -0.39 is 0 Å². The van der Waals surface area contributed by atoms with Gasteiger partial charge in [-0.2, -0.15) is 4.98 Å². The second-order valence-electron chi connectivity index (χ2n) is 6.35. The van der Waals surface area contributed by atoms with Crippen LogP contribution in [-0.2, 0) is 11.3 Å². The van der Waals surface area contributed by atoms with Gasteiger partial charge in [0.1, 0.15) is 11.5 Å². The summed E-state index contributed by atoms with van der Waals surface area (Å²) in [6, 6.07) is 15.2. The number of benzene rings is 2. The Labute approximate surface area is 174 Å². The third kappa shape index (κ3) is 5.08. The summed E-state index contributed by atoms with van der Waals surface area (Å²) in [5, 5.41) is 3.80. The number of thioether (sulfide) groups is 1. The quantitative estimate of drug-likeness (QED) is 0.518. The van der Waals surface area contributed by atoms with Crippen LogP contribution in [0.25, 0.3) is 11.4 Å². The molecule has 0 aliphatic rings. The Balaban J connectivity index is 1.67. The predicted octanol–water partition coefficient (Wildman–Crippen LogP) is 3.89. The van der Waals surface area contributed by atoms with Crippen LogP contribution in [0.4, 0.5) is 0 Å². The monoisotopic (exact) mass is 413 g/mol. The van der Waals surface area contributed by atoms with E-state index in [9.17, 15) is 4.79 Å². The summed E-state index contributed by atoms with van der Waals surface area (Å²) in [7, 11) is 4.88. The SMILES string of the molecule is COc1ccc(-c2noc(CN(C)C(=O)[C@@H](C)Sc3ccccc3)n2)c(OC)c1. The fourth-order valence-corrected chi connectivity index (χ4v) is 3.76. The topological polar surface area (TPSA) is 77.7 Å². The second-order valence-corrected chi connectivity index (χ2v) is 7.76. The van der Waals surface area contributed by atoms with E-state index in [-0.39, 0.29) is 17.7 Å². The average molecular weight is 413 g/mol. The molecule has 1 heterocycles. The molecule has 0 unspecified atom stereocenters. The van der Waals surface area contributed by atoms with Crippen molar-refractivity contribution in [3.8, 4) is 22.9 Å². The van der Waals surface area contributed by atoms with Gasteiger partial charge in [-0.05, 0) is 31.2 Å². The number of hydrogen-bond donors (Lipinski definition) is 0. The Kier molecular flexibility index (Phi) is 6.77. The largest absolute Gasteiger partial charge is 0.497 e. The highest BCUT2D eigenvalue weighted by atomic mass is 32.2. The third-order valence-electron chi connectivity index (χ3n) is 4.27. The minimum atomic E-state index is -0.230. The molecule has 0 fully saturated rings. The van der Waals surface area contributed by atoms with Crippen molar-refractivity contribution in [2.75, 3.05) is 21.3 Å². The third-order valence-corrected chi connectivity index (χ3v) is 5.37. The first kappa shape index (κ1) is 20.7. The van der Waals surface area contributed by atoms with Crippen molar-refractivity contribution >= 4 is 17.7 Å². The molecule has 0 saturated carbocycles. The number of hydrogen-bond acceptors (Lipinski definition) is 7. The lowest BCUT2D eigenvalue weighted by Crippen LogP contribution is -2.32. The molecule has 0 N–H and O–H groups in total. The smallest absolute Gasteiger partial charge is 0.246 e. The average Bonchev–Trinajstić information content (AvgIpc) is 3.21. The maximum atomic E-state index is 12.7. The molecule has 0 aliphatic carbocycles. The van der Waals surface area contributed by atoms with Crippen LogP contribution in [0.2, 0.25) is 0 Å². The molecule has 7 nitrogen and oxygen atoms in total. The number of methoxy groups -OCH3 is 2. The van der Waals surface area contributed by atoms with Crippen molar-refractivity contribution in [3.63, 3.8) is 0 Å². The van der Waals surface area contributed by atoms with Gasteiger partial charge in [-0.3, -0.25) is 4.79 Å². The molecule has 3 aromatic rings. The second kappa shape index (κ2) is 9.47. The molecular weight excluding hydrogens is 390 g/mol. The summed E-state index contributed by atoms with van der Waals surface area (Å²) in [6.07, 6.45) is 0. The molecule has 0 spiro atoms. The molecule has 0 aliphatic heterocycles. The number of carbonyl (C=O) groups is 1. The molecule has 29 heavy (non-hydrogen) atoms. The predicted molar refractivity (Wildman–Crippen MR) is 111 cm³/mol. The van der Waals surface area contributed by atoms with E-state index in [1.807, 2.05) is 37.3 Å². The summed E-state index contributed by atoms with van der Waals surface area (Å²) in [5.74, 6) is 1.98. The van der Waals surface area contributed by atoms with Gasteiger partial charge in [-0.15, -0.1) is 11.8 Å². The fraction of sp³-hybridized carbons (Fsp3) is 0.286. The van der Waals surface area contributed by atoms with Gasteiger partial charge < -0.3 is 18.9 Å². The maximum absolute atomic E-state index is 12.7. The van der Waals surface area contributed by atoms with Crippen molar-refractivity contribution in [3.05, 3.63) is 54.4 Å². The Hall–Kier alpha value is -3.00. The van der Waals surface area contributed by atoms with E-state index in [0.717, 1.165) is 4.90 Å². The standard InChI is InChI=1S/C21H23N3O4S/c1-14(29-16-8-6-5-7-9-16)21(25)24(2)13-19-22-20(23-28-19)17-11-10-15(26-3)12-18(17)27-4/h5-12,14H,13H2,1-4H3/t14-/m1/s1. The molecular formula is C21H23N3O4S. The van der Waals surface area contributed by atoms with Gasteiger partial charge >= 0.3 is 0 Å². The van der Waals surface area contributed by atoms with E-state index in [0.29, 0.717) is 28.8 Å². The lowest BCUT2D eigenvalue weighted by atomic mass is 10.2. The number of rotatable bonds is 8. The van der Waals surface area contributed by atoms with Gasteiger partial charge in [0, 0.05) is 18.0 Å². The summed E-state index contributed by atoms with van der Waals surface area (Å²) in [6.45, 7) is 2.11. The Morgan fingerprint density at radius 2 is 1.93 bits per heavy atom. The van der Waals surface area contributed by atoms with Gasteiger partial charge in [-0.25, -0.2) is 0 Å². The lowest BCUT2D eigenvalue weighted by molar-refractivity contribution is -0.129. The highest BCUT2D eigenvalue weighted by Crippen LogP contribution is 2.31. The molecule has 152 valence electrons. The van der Waals surface area contributed by atoms with Crippen LogP contribution in [0.1, 0.15) is 12.8 Å². The summed E-state index contributed by atoms with van der Waals surface area (Å²) in [4.78, 5) is 19.7. The highest BCUT2D eigenvalue weighted by Gasteiger charge is 2.21. The van der Waals surface area contributed by atoms with Gasteiger partial charge in [0.05, 0.1) is 31.6 Å². The first-order valence-corrected chi connectivity index (χ1v) is 9.91.